The van der Waals surface area contributed by atoms with Crippen LogP contribution in [-0.2, 0) is 20.3 Å². The van der Waals surface area contributed by atoms with E-state index in [4.69, 9.17) is 9.26 Å². The Morgan fingerprint density at radius 3 is 2.50 bits per heavy atom. The van der Waals surface area contributed by atoms with Crippen molar-refractivity contribution in [1.82, 2.24) is 20.0 Å². The lowest BCUT2D eigenvalue weighted by atomic mass is 10.1. The zero-order valence-electron chi connectivity index (χ0n) is 16.2. The van der Waals surface area contributed by atoms with Crippen LogP contribution in [-0.4, -0.2) is 58.5 Å². The highest BCUT2D eigenvalue weighted by atomic mass is 32.2. The summed E-state index contributed by atoms with van der Waals surface area (Å²) >= 11 is 0. The standard InChI is InChI=1S/C18H24N4O5S/c1-18(2,3)26-17(23)22-10-6-14(7-11-22)28(24,25)12-15-20-16(21-27-15)13-4-8-19-9-5-13/h4-5,8-9,14H,6-7,10-12H2,1-3H3. The second-order valence-corrected chi connectivity index (χ2v) is 10.0. The lowest BCUT2D eigenvalue weighted by molar-refractivity contribution is 0.0217. The molecule has 10 heteroatoms. The van der Waals surface area contributed by atoms with Gasteiger partial charge in [-0.2, -0.15) is 4.98 Å². The molecule has 0 unspecified atom stereocenters. The molecular weight excluding hydrogens is 384 g/mol. The summed E-state index contributed by atoms with van der Waals surface area (Å²) in [6.07, 6.45) is 3.49. The first kappa shape index (κ1) is 20.2. The second-order valence-electron chi connectivity index (χ2n) is 7.72. The molecule has 1 amide bonds. The predicted octanol–water partition coefficient (Wildman–Crippen LogP) is 2.45. The van der Waals surface area contributed by atoms with Gasteiger partial charge in [0.1, 0.15) is 11.4 Å². The van der Waals surface area contributed by atoms with Gasteiger partial charge >= 0.3 is 6.09 Å². The van der Waals surface area contributed by atoms with Crippen molar-refractivity contribution in [2.45, 2.75) is 50.2 Å². The number of carbonyl (C=O) groups excluding carboxylic acids is 1. The van der Waals surface area contributed by atoms with Crippen LogP contribution >= 0.6 is 0 Å². The molecule has 2 aromatic heterocycles. The SMILES string of the molecule is CC(C)(C)OC(=O)N1CCC(S(=O)(=O)Cc2nc(-c3ccncc3)no2)CC1. The van der Waals surface area contributed by atoms with E-state index in [1.165, 1.54) is 0 Å². The molecule has 0 N–H and O–H groups in total. The summed E-state index contributed by atoms with van der Waals surface area (Å²) in [4.78, 5) is 21.8. The third-order valence-corrected chi connectivity index (χ3v) is 6.47. The first-order chi connectivity index (χ1) is 13.1. The fraction of sp³-hybridized carbons (Fsp3) is 0.556. The monoisotopic (exact) mass is 408 g/mol. The molecule has 0 aromatic carbocycles. The van der Waals surface area contributed by atoms with Crippen LogP contribution in [0.3, 0.4) is 0 Å². The molecule has 152 valence electrons. The van der Waals surface area contributed by atoms with Crippen LogP contribution in [0.15, 0.2) is 29.0 Å². The summed E-state index contributed by atoms with van der Waals surface area (Å²) in [5.74, 6) is 0.0658. The molecule has 0 aliphatic carbocycles. The zero-order chi connectivity index (χ0) is 20.4. The molecule has 28 heavy (non-hydrogen) atoms. The highest BCUT2D eigenvalue weighted by Gasteiger charge is 2.34. The Hall–Kier alpha value is -2.49. The lowest BCUT2D eigenvalue weighted by Crippen LogP contribution is -2.44. The predicted molar refractivity (Wildman–Crippen MR) is 101 cm³/mol. The quantitative estimate of drug-likeness (QED) is 0.757. The number of aromatic nitrogens is 3. The summed E-state index contributed by atoms with van der Waals surface area (Å²) in [6.45, 7) is 6.07. The van der Waals surface area contributed by atoms with Gasteiger partial charge in [0.05, 0.1) is 5.25 Å². The number of ether oxygens (including phenoxy) is 1. The molecule has 2 aromatic rings. The number of carbonyl (C=O) groups is 1. The average Bonchev–Trinajstić information content (AvgIpc) is 3.09. The third kappa shape index (κ3) is 5.06. The van der Waals surface area contributed by atoms with E-state index in [1.54, 1.807) is 50.2 Å². The van der Waals surface area contributed by atoms with Crippen molar-refractivity contribution >= 4 is 15.9 Å². The molecule has 9 nitrogen and oxygen atoms in total. The number of amides is 1. The smallest absolute Gasteiger partial charge is 0.410 e. The Balaban J connectivity index is 1.59. The number of piperidine rings is 1. The van der Waals surface area contributed by atoms with Crippen LogP contribution in [0.2, 0.25) is 0 Å². The number of hydrogen-bond donors (Lipinski definition) is 0. The van der Waals surface area contributed by atoms with E-state index in [0.29, 0.717) is 37.3 Å². The molecule has 3 rings (SSSR count). The normalized spacial score (nSPS) is 16.2. The number of sulfone groups is 1. The Morgan fingerprint density at radius 2 is 1.89 bits per heavy atom. The molecule has 1 aliphatic heterocycles. The van der Waals surface area contributed by atoms with E-state index in [-0.39, 0.29) is 11.6 Å². The van der Waals surface area contributed by atoms with Gasteiger partial charge in [0.15, 0.2) is 9.84 Å². The molecule has 1 saturated heterocycles. The topological polar surface area (TPSA) is 115 Å². The average molecular weight is 408 g/mol. The molecular formula is C18H24N4O5S. The van der Waals surface area contributed by atoms with Gasteiger partial charge in [0.25, 0.3) is 0 Å². The first-order valence-electron chi connectivity index (χ1n) is 9.06. The van der Waals surface area contributed by atoms with Crippen molar-refractivity contribution < 1.29 is 22.5 Å². The third-order valence-electron chi connectivity index (χ3n) is 4.33. The molecule has 3 heterocycles. The van der Waals surface area contributed by atoms with Crippen molar-refractivity contribution in [3.05, 3.63) is 30.4 Å². The van der Waals surface area contributed by atoms with E-state index < -0.39 is 26.8 Å². The van der Waals surface area contributed by atoms with Gasteiger partial charge in [-0.25, -0.2) is 13.2 Å². The fourth-order valence-electron chi connectivity index (χ4n) is 2.95. The lowest BCUT2D eigenvalue weighted by Gasteiger charge is -2.33. The molecule has 0 saturated carbocycles. The van der Waals surface area contributed by atoms with Crippen molar-refractivity contribution in [2.75, 3.05) is 13.1 Å². The van der Waals surface area contributed by atoms with Crippen LogP contribution < -0.4 is 0 Å². The van der Waals surface area contributed by atoms with Crippen LogP contribution in [0.5, 0.6) is 0 Å². The molecule has 0 radical (unpaired) electrons. The van der Waals surface area contributed by atoms with Gasteiger partial charge in [-0.3, -0.25) is 4.98 Å². The molecule has 1 fully saturated rings. The van der Waals surface area contributed by atoms with Gasteiger partial charge < -0.3 is 14.2 Å². The number of hydrogen-bond acceptors (Lipinski definition) is 8. The Kier molecular flexibility index (Phi) is 5.69. The molecule has 0 bridgehead atoms. The zero-order valence-corrected chi connectivity index (χ0v) is 17.0. The van der Waals surface area contributed by atoms with Gasteiger partial charge in [-0.15, -0.1) is 0 Å². The molecule has 1 aliphatic rings. The summed E-state index contributed by atoms with van der Waals surface area (Å²) in [5, 5.41) is 3.28. The number of pyridine rings is 1. The molecule has 0 spiro atoms. The minimum atomic E-state index is -3.48. The summed E-state index contributed by atoms with van der Waals surface area (Å²) in [7, 11) is -3.48. The largest absolute Gasteiger partial charge is 0.444 e. The van der Waals surface area contributed by atoms with Crippen LogP contribution in [0.25, 0.3) is 11.4 Å². The first-order valence-corrected chi connectivity index (χ1v) is 10.8. The fourth-order valence-corrected chi connectivity index (χ4v) is 4.57. The number of nitrogens with zero attached hydrogens (tertiary/aromatic N) is 4. The maximum absolute atomic E-state index is 12.7. The van der Waals surface area contributed by atoms with E-state index in [1.807, 2.05) is 0 Å². The molecule has 0 atom stereocenters. The van der Waals surface area contributed by atoms with Crippen molar-refractivity contribution in [3.63, 3.8) is 0 Å². The van der Waals surface area contributed by atoms with Crippen molar-refractivity contribution in [1.29, 1.82) is 0 Å². The van der Waals surface area contributed by atoms with E-state index in [9.17, 15) is 13.2 Å². The summed E-state index contributed by atoms with van der Waals surface area (Å²) in [6, 6.07) is 3.44. The van der Waals surface area contributed by atoms with Crippen LogP contribution in [0, 0.1) is 0 Å². The highest BCUT2D eigenvalue weighted by Crippen LogP contribution is 2.23. The van der Waals surface area contributed by atoms with Crippen LogP contribution in [0.4, 0.5) is 4.79 Å². The Morgan fingerprint density at radius 1 is 1.25 bits per heavy atom. The van der Waals surface area contributed by atoms with E-state index in [0.717, 1.165) is 0 Å². The summed E-state index contributed by atoms with van der Waals surface area (Å²) < 4.78 is 35.9. The maximum atomic E-state index is 12.7. The van der Waals surface area contributed by atoms with Crippen molar-refractivity contribution in [3.8, 4) is 11.4 Å². The van der Waals surface area contributed by atoms with Crippen molar-refractivity contribution in [2.24, 2.45) is 0 Å². The Labute approximate surface area is 164 Å². The van der Waals surface area contributed by atoms with Gasteiger partial charge in [0.2, 0.25) is 11.7 Å². The second kappa shape index (κ2) is 7.86. The number of likely N-dealkylation sites (tertiary alicyclic amines) is 1. The van der Waals surface area contributed by atoms with Crippen LogP contribution in [0.1, 0.15) is 39.5 Å². The minimum absolute atomic E-state index is 0.0568. The van der Waals surface area contributed by atoms with Gasteiger partial charge in [-0.1, -0.05) is 5.16 Å². The Bertz CT molecular complexity index is 913. The van der Waals surface area contributed by atoms with Gasteiger partial charge in [-0.05, 0) is 45.7 Å². The minimum Gasteiger partial charge on any atom is -0.444 e. The van der Waals surface area contributed by atoms with E-state index in [2.05, 4.69) is 15.1 Å². The maximum Gasteiger partial charge on any atom is 0.410 e. The van der Waals surface area contributed by atoms with Gasteiger partial charge in [0, 0.05) is 31.0 Å². The number of rotatable bonds is 4. The van der Waals surface area contributed by atoms with E-state index >= 15 is 0 Å². The highest BCUT2D eigenvalue weighted by molar-refractivity contribution is 7.91. The summed E-state index contributed by atoms with van der Waals surface area (Å²) in [5.41, 5.74) is 0.123.